The second kappa shape index (κ2) is 5.36. The third kappa shape index (κ3) is 2.99. The van der Waals surface area contributed by atoms with Crippen molar-refractivity contribution in [3.8, 4) is 0 Å². The van der Waals surface area contributed by atoms with E-state index in [2.05, 4.69) is 49.4 Å². The second-order valence-electron chi connectivity index (χ2n) is 4.97. The monoisotopic (exact) mass is 243 g/mol. The normalized spacial score (nSPS) is 12.7. The lowest BCUT2D eigenvalue weighted by Crippen LogP contribution is -2.20. The largest absolute Gasteiger partial charge is 0.305 e. The molecule has 2 aromatic rings. The second-order valence-corrected chi connectivity index (χ2v) is 4.97. The fraction of sp³-hybridized carbons (Fsp3) is 0.400. The van der Waals surface area contributed by atoms with Crippen LogP contribution in [0.2, 0.25) is 0 Å². The van der Waals surface area contributed by atoms with Crippen LogP contribution in [0, 0.1) is 13.8 Å². The van der Waals surface area contributed by atoms with E-state index in [-0.39, 0.29) is 0 Å². The Bertz CT molecular complexity index is 508. The zero-order valence-electron chi connectivity index (χ0n) is 11.6. The maximum absolute atomic E-state index is 4.17. The molecule has 1 aromatic carbocycles. The molecule has 1 aromatic heterocycles. The number of nitrogens with one attached hydrogen (secondary N) is 1. The summed E-state index contributed by atoms with van der Waals surface area (Å²) in [5.41, 5.74) is 5.18. The highest BCUT2D eigenvalue weighted by Gasteiger charge is 2.07. The van der Waals surface area contributed by atoms with E-state index in [1.165, 1.54) is 22.4 Å². The summed E-state index contributed by atoms with van der Waals surface area (Å²) >= 11 is 0. The van der Waals surface area contributed by atoms with Gasteiger partial charge in [-0.05, 0) is 32.4 Å². The molecule has 2 rings (SSSR count). The predicted molar refractivity (Wildman–Crippen MR) is 74.4 cm³/mol. The Morgan fingerprint density at radius 3 is 2.44 bits per heavy atom. The molecule has 0 saturated heterocycles. The van der Waals surface area contributed by atoms with Crippen LogP contribution in [0.4, 0.5) is 0 Å². The fourth-order valence-corrected chi connectivity index (χ4v) is 2.21. The minimum atomic E-state index is 0.346. The van der Waals surface area contributed by atoms with Crippen LogP contribution >= 0.6 is 0 Å². The van der Waals surface area contributed by atoms with Crippen molar-refractivity contribution < 1.29 is 0 Å². The van der Waals surface area contributed by atoms with Crippen molar-refractivity contribution in [3.63, 3.8) is 0 Å². The molecule has 0 amide bonds. The van der Waals surface area contributed by atoms with Crippen molar-refractivity contribution in [2.45, 2.75) is 33.4 Å². The molecule has 0 aliphatic carbocycles. The lowest BCUT2D eigenvalue weighted by Gasteiger charge is -2.15. The van der Waals surface area contributed by atoms with Crippen LogP contribution < -0.4 is 5.32 Å². The average molecular weight is 243 g/mol. The van der Waals surface area contributed by atoms with Gasteiger partial charge in [0.25, 0.3) is 0 Å². The van der Waals surface area contributed by atoms with Gasteiger partial charge in [0.1, 0.15) is 0 Å². The molecule has 3 heteroatoms. The Morgan fingerprint density at radius 2 is 1.89 bits per heavy atom. The highest BCUT2D eigenvalue weighted by atomic mass is 15.3. The molecule has 0 aliphatic rings. The summed E-state index contributed by atoms with van der Waals surface area (Å²) in [6.45, 7) is 7.32. The predicted octanol–water partition coefficient (Wildman–Crippen LogP) is 2.89. The number of benzene rings is 1. The van der Waals surface area contributed by atoms with Gasteiger partial charge in [0.15, 0.2) is 0 Å². The maximum Gasteiger partial charge on any atom is 0.0518 e. The van der Waals surface area contributed by atoms with Gasteiger partial charge in [0, 0.05) is 25.8 Å². The minimum Gasteiger partial charge on any atom is -0.305 e. The van der Waals surface area contributed by atoms with Crippen molar-refractivity contribution in [1.82, 2.24) is 15.1 Å². The number of hydrogen-bond donors (Lipinski definition) is 1. The van der Waals surface area contributed by atoms with Gasteiger partial charge in [0.05, 0.1) is 5.69 Å². The quantitative estimate of drug-likeness (QED) is 0.895. The molecule has 0 fully saturated rings. The van der Waals surface area contributed by atoms with E-state index < -0.39 is 0 Å². The van der Waals surface area contributed by atoms with E-state index in [0.29, 0.717) is 6.04 Å². The minimum absolute atomic E-state index is 0.346. The van der Waals surface area contributed by atoms with Crippen molar-refractivity contribution in [1.29, 1.82) is 0 Å². The molecule has 1 N–H and O–H groups in total. The molecule has 96 valence electrons. The van der Waals surface area contributed by atoms with Crippen LogP contribution in [0.1, 0.15) is 35.3 Å². The first kappa shape index (κ1) is 12.8. The molecule has 1 atom stereocenters. The van der Waals surface area contributed by atoms with Gasteiger partial charge in [-0.2, -0.15) is 5.10 Å². The van der Waals surface area contributed by atoms with Crippen LogP contribution in [0.25, 0.3) is 0 Å². The summed E-state index contributed by atoms with van der Waals surface area (Å²) in [5.74, 6) is 0. The molecule has 0 bridgehead atoms. The Morgan fingerprint density at radius 1 is 1.22 bits per heavy atom. The molecule has 1 unspecified atom stereocenters. The first-order chi connectivity index (χ1) is 8.56. The third-order valence-electron chi connectivity index (χ3n) is 3.26. The maximum atomic E-state index is 4.17. The lowest BCUT2D eigenvalue weighted by atomic mass is 10.0. The number of rotatable bonds is 4. The van der Waals surface area contributed by atoms with Gasteiger partial charge in [-0.3, -0.25) is 4.68 Å². The van der Waals surface area contributed by atoms with E-state index in [4.69, 9.17) is 0 Å². The Kier molecular flexibility index (Phi) is 3.82. The standard InChI is InChI=1S/C15H21N3/c1-11-7-12(2)9-14(8-11)13(3)16-10-15-5-6-17-18(15)4/h5-9,13,16H,10H2,1-4H3. The molecule has 0 aliphatic heterocycles. The summed E-state index contributed by atoms with van der Waals surface area (Å²) in [4.78, 5) is 0. The molecular weight excluding hydrogens is 222 g/mol. The van der Waals surface area contributed by atoms with E-state index >= 15 is 0 Å². The van der Waals surface area contributed by atoms with Gasteiger partial charge in [-0.1, -0.05) is 29.3 Å². The van der Waals surface area contributed by atoms with Crippen LogP contribution in [-0.2, 0) is 13.6 Å². The topological polar surface area (TPSA) is 29.9 Å². The van der Waals surface area contributed by atoms with Gasteiger partial charge in [-0.15, -0.1) is 0 Å². The van der Waals surface area contributed by atoms with Crippen molar-refractivity contribution in [3.05, 3.63) is 52.8 Å². The van der Waals surface area contributed by atoms with Crippen LogP contribution in [-0.4, -0.2) is 9.78 Å². The highest BCUT2D eigenvalue weighted by molar-refractivity contribution is 5.30. The fourth-order valence-electron chi connectivity index (χ4n) is 2.21. The number of nitrogens with zero attached hydrogens (tertiary/aromatic N) is 2. The first-order valence-electron chi connectivity index (χ1n) is 6.34. The summed E-state index contributed by atoms with van der Waals surface area (Å²) in [6.07, 6.45) is 1.83. The van der Waals surface area contributed by atoms with Gasteiger partial charge in [-0.25, -0.2) is 0 Å². The van der Waals surface area contributed by atoms with E-state index in [1.807, 2.05) is 24.0 Å². The number of hydrogen-bond acceptors (Lipinski definition) is 2. The van der Waals surface area contributed by atoms with Crippen LogP contribution in [0.5, 0.6) is 0 Å². The smallest absolute Gasteiger partial charge is 0.0518 e. The van der Waals surface area contributed by atoms with Crippen molar-refractivity contribution >= 4 is 0 Å². The summed E-state index contributed by atoms with van der Waals surface area (Å²) < 4.78 is 1.90. The molecule has 1 heterocycles. The highest BCUT2D eigenvalue weighted by Crippen LogP contribution is 2.17. The van der Waals surface area contributed by atoms with Crippen molar-refractivity contribution in [2.75, 3.05) is 0 Å². The van der Waals surface area contributed by atoms with Crippen molar-refractivity contribution in [2.24, 2.45) is 7.05 Å². The number of aromatic nitrogens is 2. The van der Waals surface area contributed by atoms with E-state index in [1.54, 1.807) is 0 Å². The zero-order chi connectivity index (χ0) is 13.1. The van der Waals surface area contributed by atoms with E-state index in [0.717, 1.165) is 6.54 Å². The van der Waals surface area contributed by atoms with Gasteiger partial charge in [0.2, 0.25) is 0 Å². The molecule has 3 nitrogen and oxygen atoms in total. The molecule has 0 spiro atoms. The Hall–Kier alpha value is -1.61. The SMILES string of the molecule is Cc1cc(C)cc(C(C)NCc2ccnn2C)c1. The number of aryl methyl sites for hydroxylation is 3. The van der Waals surface area contributed by atoms with Crippen LogP contribution in [0.15, 0.2) is 30.5 Å². The molecule has 18 heavy (non-hydrogen) atoms. The Balaban J connectivity index is 2.03. The molecular formula is C15H21N3. The van der Waals surface area contributed by atoms with Crippen LogP contribution in [0.3, 0.4) is 0 Å². The average Bonchev–Trinajstić information content (AvgIpc) is 2.70. The molecule has 0 saturated carbocycles. The van der Waals surface area contributed by atoms with Gasteiger partial charge >= 0.3 is 0 Å². The first-order valence-corrected chi connectivity index (χ1v) is 6.34. The summed E-state index contributed by atoms with van der Waals surface area (Å²) in [7, 11) is 1.97. The lowest BCUT2D eigenvalue weighted by molar-refractivity contribution is 0.548. The summed E-state index contributed by atoms with van der Waals surface area (Å²) in [5, 5.41) is 7.71. The molecule has 0 radical (unpaired) electrons. The van der Waals surface area contributed by atoms with E-state index in [9.17, 15) is 0 Å². The zero-order valence-corrected chi connectivity index (χ0v) is 11.6. The Labute approximate surface area is 109 Å². The third-order valence-corrected chi connectivity index (χ3v) is 3.26. The van der Waals surface area contributed by atoms with Gasteiger partial charge < -0.3 is 5.32 Å². The summed E-state index contributed by atoms with van der Waals surface area (Å²) in [6, 6.07) is 9.08.